The molecular formula is C18H18N4O. The van der Waals surface area contributed by atoms with Crippen LogP contribution in [0.15, 0.2) is 30.3 Å². The van der Waals surface area contributed by atoms with Crippen molar-refractivity contribution in [3.63, 3.8) is 0 Å². The summed E-state index contributed by atoms with van der Waals surface area (Å²) in [4.78, 5) is 4.72. The second-order valence-corrected chi connectivity index (χ2v) is 5.56. The molecule has 0 aliphatic carbocycles. The molecule has 0 saturated carbocycles. The van der Waals surface area contributed by atoms with E-state index in [4.69, 9.17) is 15.5 Å². The minimum absolute atomic E-state index is 0.236. The quantitative estimate of drug-likeness (QED) is 0.752. The van der Waals surface area contributed by atoms with Crippen molar-refractivity contribution >= 4 is 16.7 Å². The van der Waals surface area contributed by atoms with E-state index in [9.17, 15) is 5.26 Å². The molecule has 1 aromatic heterocycles. The highest BCUT2D eigenvalue weighted by atomic mass is 16.5. The third kappa shape index (κ3) is 2.49. The Morgan fingerprint density at radius 2 is 1.96 bits per heavy atom. The third-order valence-corrected chi connectivity index (χ3v) is 4.08. The van der Waals surface area contributed by atoms with Gasteiger partial charge in [-0.1, -0.05) is 0 Å². The Labute approximate surface area is 134 Å². The number of aromatic nitrogens is 2. The maximum absolute atomic E-state index is 9.19. The monoisotopic (exact) mass is 306 g/mol. The topological polar surface area (TPSA) is 76.9 Å². The minimum Gasteiger partial charge on any atom is -0.495 e. The van der Waals surface area contributed by atoms with Crippen LogP contribution in [0.2, 0.25) is 0 Å². The van der Waals surface area contributed by atoms with Gasteiger partial charge < -0.3 is 15.0 Å². The number of aryl methyl sites for hydroxylation is 2. The first-order valence-corrected chi connectivity index (χ1v) is 7.33. The summed E-state index contributed by atoms with van der Waals surface area (Å²) in [6.45, 7) is 4.35. The van der Waals surface area contributed by atoms with E-state index in [0.29, 0.717) is 11.4 Å². The van der Waals surface area contributed by atoms with Crippen molar-refractivity contribution in [1.82, 2.24) is 9.55 Å². The summed E-state index contributed by atoms with van der Waals surface area (Å²) < 4.78 is 7.12. The van der Waals surface area contributed by atoms with Gasteiger partial charge in [0.15, 0.2) is 0 Å². The predicted molar refractivity (Wildman–Crippen MR) is 91.2 cm³/mol. The Morgan fingerprint density at radius 3 is 2.61 bits per heavy atom. The van der Waals surface area contributed by atoms with Crippen molar-refractivity contribution < 1.29 is 4.74 Å². The van der Waals surface area contributed by atoms with Crippen molar-refractivity contribution in [2.45, 2.75) is 20.4 Å². The minimum atomic E-state index is 0.236. The molecule has 5 nitrogen and oxygen atoms in total. The lowest BCUT2D eigenvalue weighted by molar-refractivity contribution is 0.417. The molecule has 0 radical (unpaired) electrons. The zero-order valence-corrected chi connectivity index (χ0v) is 13.4. The van der Waals surface area contributed by atoms with E-state index in [0.717, 1.165) is 22.4 Å². The van der Waals surface area contributed by atoms with Crippen LogP contribution in [-0.2, 0) is 6.54 Å². The van der Waals surface area contributed by atoms with Gasteiger partial charge in [0.05, 0.1) is 29.9 Å². The van der Waals surface area contributed by atoms with Crippen molar-refractivity contribution in [3.8, 4) is 23.2 Å². The van der Waals surface area contributed by atoms with Crippen LogP contribution in [0, 0.1) is 25.2 Å². The number of nitrogens with two attached hydrogens (primary N) is 1. The molecule has 0 aliphatic rings. The number of hydrogen-bond donors (Lipinski definition) is 1. The van der Waals surface area contributed by atoms with E-state index in [1.165, 1.54) is 11.1 Å². The normalized spacial score (nSPS) is 10.7. The Hall–Kier alpha value is -3.00. The maximum atomic E-state index is 9.19. The summed E-state index contributed by atoms with van der Waals surface area (Å²) in [7, 11) is 1.59. The van der Waals surface area contributed by atoms with Crippen LogP contribution in [0.4, 0.5) is 5.69 Å². The van der Waals surface area contributed by atoms with Gasteiger partial charge in [-0.2, -0.15) is 5.26 Å². The van der Waals surface area contributed by atoms with E-state index >= 15 is 0 Å². The molecule has 3 rings (SSSR count). The summed E-state index contributed by atoms with van der Waals surface area (Å²) in [5.74, 6) is 1.37. The molecule has 0 unspecified atom stereocenters. The number of methoxy groups -OCH3 is 1. The van der Waals surface area contributed by atoms with Crippen molar-refractivity contribution in [3.05, 3.63) is 41.5 Å². The van der Waals surface area contributed by atoms with Crippen LogP contribution >= 0.6 is 0 Å². The van der Waals surface area contributed by atoms with Gasteiger partial charge in [0, 0.05) is 5.56 Å². The van der Waals surface area contributed by atoms with E-state index < -0.39 is 0 Å². The van der Waals surface area contributed by atoms with Gasteiger partial charge in [-0.05, 0) is 55.3 Å². The number of nitrogens with zero attached hydrogens (tertiary/aromatic N) is 3. The van der Waals surface area contributed by atoms with Gasteiger partial charge in [0.2, 0.25) is 0 Å². The Balaban J connectivity index is 2.26. The largest absolute Gasteiger partial charge is 0.495 e. The van der Waals surface area contributed by atoms with Gasteiger partial charge in [-0.25, -0.2) is 4.98 Å². The summed E-state index contributed by atoms with van der Waals surface area (Å²) in [6.07, 6.45) is 0. The number of rotatable bonds is 3. The van der Waals surface area contributed by atoms with Gasteiger partial charge >= 0.3 is 0 Å². The fourth-order valence-corrected chi connectivity index (χ4v) is 2.70. The molecule has 2 N–H and O–H groups in total. The lowest BCUT2D eigenvalue weighted by Crippen LogP contribution is -2.00. The van der Waals surface area contributed by atoms with Gasteiger partial charge in [0.1, 0.15) is 18.1 Å². The summed E-state index contributed by atoms with van der Waals surface area (Å²) in [5, 5.41) is 9.19. The lowest BCUT2D eigenvalue weighted by Gasteiger charge is -2.08. The van der Waals surface area contributed by atoms with E-state index in [1.54, 1.807) is 7.11 Å². The van der Waals surface area contributed by atoms with Crippen LogP contribution in [0.1, 0.15) is 11.1 Å². The average Bonchev–Trinajstić information content (AvgIpc) is 2.86. The highest BCUT2D eigenvalue weighted by Crippen LogP contribution is 2.31. The second-order valence-electron chi connectivity index (χ2n) is 5.56. The molecule has 116 valence electrons. The SMILES string of the molecule is COc1ccc(-c2nc3cc(C)c(C)cc3n2CC#N)cc1N. The maximum Gasteiger partial charge on any atom is 0.142 e. The first-order valence-electron chi connectivity index (χ1n) is 7.33. The fraction of sp³-hybridized carbons (Fsp3) is 0.222. The van der Waals surface area contributed by atoms with Crippen molar-refractivity contribution in [2.24, 2.45) is 0 Å². The zero-order valence-electron chi connectivity index (χ0n) is 13.4. The van der Waals surface area contributed by atoms with Crippen LogP contribution in [0.5, 0.6) is 5.75 Å². The number of hydrogen-bond acceptors (Lipinski definition) is 4. The average molecular weight is 306 g/mol. The zero-order chi connectivity index (χ0) is 16.6. The van der Waals surface area contributed by atoms with E-state index in [1.807, 2.05) is 22.8 Å². The molecule has 1 heterocycles. The predicted octanol–water partition coefficient (Wildman–Crippen LogP) is 3.43. The fourth-order valence-electron chi connectivity index (χ4n) is 2.70. The highest BCUT2D eigenvalue weighted by Gasteiger charge is 2.14. The van der Waals surface area contributed by atoms with Crippen LogP contribution in [0.3, 0.4) is 0 Å². The highest BCUT2D eigenvalue weighted by molar-refractivity contribution is 5.83. The first kappa shape index (κ1) is 14.9. The Bertz CT molecular complexity index is 934. The standard InChI is InChI=1S/C18H18N4O/c1-11-8-15-16(9-12(11)2)22(7-6-19)18(21-15)13-4-5-17(23-3)14(20)10-13/h4-5,8-10H,7,20H2,1-3H3. The van der Waals surface area contributed by atoms with Gasteiger partial charge in [-0.3, -0.25) is 0 Å². The van der Waals surface area contributed by atoms with Gasteiger partial charge in [-0.15, -0.1) is 0 Å². The molecule has 0 saturated heterocycles. The van der Waals surface area contributed by atoms with Crippen LogP contribution in [-0.4, -0.2) is 16.7 Å². The second kappa shape index (κ2) is 5.65. The Kier molecular flexibility index (Phi) is 3.67. The number of benzene rings is 2. The molecule has 0 fully saturated rings. The van der Waals surface area contributed by atoms with Crippen LogP contribution in [0.25, 0.3) is 22.4 Å². The number of imidazole rings is 1. The van der Waals surface area contributed by atoms with Crippen LogP contribution < -0.4 is 10.5 Å². The number of nitrogen functional groups attached to an aromatic ring is 1. The summed E-state index contributed by atoms with van der Waals surface area (Å²) in [6, 6.07) is 11.9. The van der Waals surface area contributed by atoms with E-state index in [-0.39, 0.29) is 6.54 Å². The third-order valence-electron chi connectivity index (χ3n) is 4.08. The number of anilines is 1. The molecule has 0 bridgehead atoms. The summed E-state index contributed by atoms with van der Waals surface area (Å²) >= 11 is 0. The first-order chi connectivity index (χ1) is 11.0. The molecule has 0 spiro atoms. The molecular weight excluding hydrogens is 288 g/mol. The number of fused-ring (bicyclic) bond motifs is 1. The van der Waals surface area contributed by atoms with Crippen molar-refractivity contribution in [2.75, 3.05) is 12.8 Å². The van der Waals surface area contributed by atoms with E-state index in [2.05, 4.69) is 32.0 Å². The molecule has 23 heavy (non-hydrogen) atoms. The molecule has 3 aromatic rings. The molecule has 0 amide bonds. The molecule has 2 aromatic carbocycles. The smallest absolute Gasteiger partial charge is 0.142 e. The van der Waals surface area contributed by atoms with Crippen molar-refractivity contribution in [1.29, 1.82) is 5.26 Å². The molecule has 5 heteroatoms. The number of nitriles is 1. The lowest BCUT2D eigenvalue weighted by atomic mass is 10.1. The number of ether oxygens (including phenoxy) is 1. The Morgan fingerprint density at radius 1 is 1.22 bits per heavy atom. The van der Waals surface area contributed by atoms with Gasteiger partial charge in [0.25, 0.3) is 0 Å². The summed E-state index contributed by atoms with van der Waals surface area (Å²) in [5.41, 5.74) is 11.6. The molecule has 0 atom stereocenters. The molecule has 0 aliphatic heterocycles.